The number of nitrogen functional groups attached to an aromatic ring is 1. The smallest absolute Gasteiger partial charge is 0.220 e. The maximum atomic E-state index is 5.86. The number of aryl methyl sites for hydroxylation is 1. The lowest BCUT2D eigenvalue weighted by atomic mass is 10.1. The highest BCUT2D eigenvalue weighted by molar-refractivity contribution is 5.95. The van der Waals surface area contributed by atoms with Crippen LogP contribution in [0.3, 0.4) is 0 Å². The molecule has 2 N–H and O–H groups in total. The predicted molar refractivity (Wildman–Crippen MR) is 99.4 cm³/mol. The third-order valence-electron chi connectivity index (χ3n) is 4.12. The highest BCUT2D eigenvalue weighted by Gasteiger charge is 2.16. The summed E-state index contributed by atoms with van der Waals surface area (Å²) in [5, 5.41) is 0. The Balaban J connectivity index is 1.52. The quantitative estimate of drug-likeness (QED) is 0.791. The Labute approximate surface area is 146 Å². The monoisotopic (exact) mass is 330 g/mol. The Morgan fingerprint density at radius 2 is 2.04 bits per heavy atom. The van der Waals surface area contributed by atoms with Crippen LogP contribution in [0, 0.1) is 6.92 Å². The normalized spacial score (nSPS) is 12.6. The first-order valence-electron chi connectivity index (χ1n) is 8.15. The number of aromatic nitrogens is 2. The summed E-state index contributed by atoms with van der Waals surface area (Å²) in [5.74, 6) is 1.14. The number of ether oxygens (including phenoxy) is 1. The average molecular weight is 330 g/mol. The number of anilines is 1. The number of nitrogens with two attached hydrogens (primary N) is 1. The standard InChI is InChI=1S/C20H18N4O/c1-13-3-2-4-17(9-13)25-12-16-10-14-5-6-15(11-19(14)23-16)18-7-8-22-20(21)24-18/h2-9,11H,10,12H2,1H3,(H2,21,22,24). The number of fused-ring (bicyclic) bond motifs is 1. The Kier molecular flexibility index (Phi) is 3.90. The average Bonchev–Trinajstić information content (AvgIpc) is 3.02. The van der Waals surface area contributed by atoms with Crippen molar-refractivity contribution >= 4 is 17.3 Å². The van der Waals surface area contributed by atoms with Crippen molar-refractivity contribution in [2.75, 3.05) is 12.3 Å². The van der Waals surface area contributed by atoms with E-state index in [1.165, 1.54) is 11.1 Å². The maximum absolute atomic E-state index is 5.86. The van der Waals surface area contributed by atoms with Crippen molar-refractivity contribution in [2.45, 2.75) is 13.3 Å². The summed E-state index contributed by atoms with van der Waals surface area (Å²) in [6, 6.07) is 16.1. The maximum Gasteiger partial charge on any atom is 0.220 e. The number of benzene rings is 2. The van der Waals surface area contributed by atoms with Crippen LogP contribution in [0.15, 0.2) is 59.7 Å². The fourth-order valence-electron chi connectivity index (χ4n) is 2.90. The van der Waals surface area contributed by atoms with Gasteiger partial charge in [-0.2, -0.15) is 0 Å². The minimum atomic E-state index is 0.272. The first-order valence-corrected chi connectivity index (χ1v) is 8.15. The van der Waals surface area contributed by atoms with E-state index in [0.29, 0.717) is 6.61 Å². The zero-order valence-electron chi connectivity index (χ0n) is 13.9. The van der Waals surface area contributed by atoms with Crippen LogP contribution in [0.4, 0.5) is 11.6 Å². The number of hydrogen-bond acceptors (Lipinski definition) is 5. The molecule has 2 aromatic carbocycles. The van der Waals surface area contributed by atoms with Crippen molar-refractivity contribution in [3.8, 4) is 17.0 Å². The minimum absolute atomic E-state index is 0.272. The topological polar surface area (TPSA) is 73.4 Å². The Morgan fingerprint density at radius 1 is 1.12 bits per heavy atom. The van der Waals surface area contributed by atoms with E-state index < -0.39 is 0 Å². The summed E-state index contributed by atoms with van der Waals surface area (Å²) < 4.78 is 5.86. The largest absolute Gasteiger partial charge is 0.488 e. The molecule has 0 spiro atoms. The molecule has 1 aromatic heterocycles. The summed E-state index contributed by atoms with van der Waals surface area (Å²) >= 11 is 0. The van der Waals surface area contributed by atoms with Crippen LogP contribution in [0.25, 0.3) is 11.3 Å². The van der Waals surface area contributed by atoms with Gasteiger partial charge in [0.2, 0.25) is 5.95 Å². The van der Waals surface area contributed by atoms with E-state index in [-0.39, 0.29) is 5.95 Å². The minimum Gasteiger partial charge on any atom is -0.488 e. The third-order valence-corrected chi connectivity index (χ3v) is 4.12. The first kappa shape index (κ1) is 15.3. The predicted octanol–water partition coefficient (Wildman–Crippen LogP) is 3.74. The summed E-state index contributed by atoms with van der Waals surface area (Å²) in [6.07, 6.45) is 2.47. The second-order valence-corrected chi connectivity index (χ2v) is 6.10. The van der Waals surface area contributed by atoms with E-state index >= 15 is 0 Å². The van der Waals surface area contributed by atoms with Gasteiger partial charge in [-0.3, -0.25) is 4.99 Å². The lowest BCUT2D eigenvalue weighted by Gasteiger charge is -2.06. The molecular formula is C20H18N4O. The van der Waals surface area contributed by atoms with Crippen LogP contribution in [-0.2, 0) is 6.42 Å². The fourth-order valence-corrected chi connectivity index (χ4v) is 2.90. The van der Waals surface area contributed by atoms with Crippen molar-refractivity contribution in [3.63, 3.8) is 0 Å². The first-order chi connectivity index (χ1) is 12.2. The lowest BCUT2D eigenvalue weighted by molar-refractivity contribution is 0.375. The van der Waals surface area contributed by atoms with E-state index in [4.69, 9.17) is 15.5 Å². The van der Waals surface area contributed by atoms with Crippen molar-refractivity contribution in [1.82, 2.24) is 9.97 Å². The molecule has 5 nitrogen and oxygen atoms in total. The molecule has 5 heteroatoms. The van der Waals surface area contributed by atoms with E-state index in [1.807, 2.05) is 36.4 Å². The number of nitrogens with zero attached hydrogens (tertiary/aromatic N) is 3. The molecule has 0 saturated heterocycles. The van der Waals surface area contributed by atoms with Crippen molar-refractivity contribution < 1.29 is 4.74 Å². The second-order valence-electron chi connectivity index (χ2n) is 6.10. The van der Waals surface area contributed by atoms with E-state index in [0.717, 1.165) is 34.8 Å². The highest BCUT2D eigenvalue weighted by atomic mass is 16.5. The van der Waals surface area contributed by atoms with Gasteiger partial charge >= 0.3 is 0 Å². The third kappa shape index (κ3) is 3.35. The van der Waals surface area contributed by atoms with E-state index in [1.54, 1.807) is 6.20 Å². The van der Waals surface area contributed by atoms with Gasteiger partial charge < -0.3 is 10.5 Å². The van der Waals surface area contributed by atoms with Gasteiger partial charge in [0.1, 0.15) is 12.4 Å². The molecule has 4 rings (SSSR count). The zero-order valence-corrected chi connectivity index (χ0v) is 13.9. The van der Waals surface area contributed by atoms with Crippen LogP contribution in [0.5, 0.6) is 5.75 Å². The highest BCUT2D eigenvalue weighted by Crippen LogP contribution is 2.31. The number of hydrogen-bond donors (Lipinski definition) is 1. The van der Waals surface area contributed by atoms with Crippen LogP contribution < -0.4 is 10.5 Å². The van der Waals surface area contributed by atoms with Gasteiger partial charge in [-0.25, -0.2) is 9.97 Å². The van der Waals surface area contributed by atoms with Crippen molar-refractivity contribution in [2.24, 2.45) is 4.99 Å². The van der Waals surface area contributed by atoms with Gasteiger partial charge in [0, 0.05) is 18.2 Å². The summed E-state index contributed by atoms with van der Waals surface area (Å²) in [4.78, 5) is 12.9. The van der Waals surface area contributed by atoms with Gasteiger partial charge in [0.25, 0.3) is 0 Å². The zero-order chi connectivity index (χ0) is 17.2. The molecular weight excluding hydrogens is 312 g/mol. The summed E-state index contributed by atoms with van der Waals surface area (Å²) in [5.41, 5.74) is 11.8. The molecule has 0 unspecified atom stereocenters. The molecule has 1 aliphatic rings. The van der Waals surface area contributed by atoms with E-state index in [2.05, 4.69) is 29.0 Å². The molecule has 0 radical (unpaired) electrons. The molecule has 0 aliphatic carbocycles. The molecule has 25 heavy (non-hydrogen) atoms. The van der Waals surface area contributed by atoms with Gasteiger partial charge in [0.05, 0.1) is 17.1 Å². The van der Waals surface area contributed by atoms with Gasteiger partial charge in [-0.15, -0.1) is 0 Å². The van der Waals surface area contributed by atoms with Gasteiger partial charge in [-0.05, 0) is 42.3 Å². The Morgan fingerprint density at radius 3 is 2.88 bits per heavy atom. The fraction of sp³-hybridized carbons (Fsp3) is 0.150. The molecule has 0 saturated carbocycles. The van der Waals surface area contributed by atoms with Gasteiger partial charge in [-0.1, -0.05) is 24.3 Å². The molecule has 0 amide bonds. The molecule has 0 bridgehead atoms. The summed E-state index contributed by atoms with van der Waals surface area (Å²) in [6.45, 7) is 2.55. The molecule has 124 valence electrons. The second kappa shape index (κ2) is 6.36. The Hall–Kier alpha value is -3.21. The van der Waals surface area contributed by atoms with Crippen molar-refractivity contribution in [3.05, 3.63) is 65.9 Å². The Bertz CT molecular complexity index is 965. The van der Waals surface area contributed by atoms with Crippen molar-refractivity contribution in [1.29, 1.82) is 0 Å². The van der Waals surface area contributed by atoms with Crippen LogP contribution >= 0.6 is 0 Å². The SMILES string of the molecule is Cc1cccc(OCC2=Nc3cc(-c4ccnc(N)n4)ccc3C2)c1. The lowest BCUT2D eigenvalue weighted by Crippen LogP contribution is -2.11. The number of aliphatic imine (C=N–C) groups is 1. The number of rotatable bonds is 4. The molecule has 2 heterocycles. The molecule has 0 fully saturated rings. The van der Waals surface area contributed by atoms with Crippen LogP contribution in [-0.4, -0.2) is 22.3 Å². The van der Waals surface area contributed by atoms with Crippen LogP contribution in [0.2, 0.25) is 0 Å². The molecule has 3 aromatic rings. The molecule has 0 atom stereocenters. The van der Waals surface area contributed by atoms with E-state index in [9.17, 15) is 0 Å². The van der Waals surface area contributed by atoms with Crippen LogP contribution in [0.1, 0.15) is 11.1 Å². The van der Waals surface area contributed by atoms with Gasteiger partial charge in [0.15, 0.2) is 0 Å². The summed E-state index contributed by atoms with van der Waals surface area (Å²) in [7, 11) is 0. The molecule has 1 aliphatic heterocycles.